The zero-order valence-corrected chi connectivity index (χ0v) is 15.0. The molecule has 2 heterocycles. The second-order valence-corrected chi connectivity index (χ2v) is 6.79. The Labute approximate surface area is 148 Å². The third kappa shape index (κ3) is 3.93. The average Bonchev–Trinajstić information content (AvgIpc) is 2.86. The molecular formula is C18H18N2O4S. The van der Waals surface area contributed by atoms with Crippen molar-refractivity contribution < 1.29 is 13.7 Å². The molecule has 6 nitrogen and oxygen atoms in total. The van der Waals surface area contributed by atoms with E-state index in [1.165, 1.54) is 17.8 Å². The van der Waals surface area contributed by atoms with Crippen molar-refractivity contribution in [2.45, 2.75) is 26.5 Å². The number of nitrogens with zero attached hydrogens (tertiary/aromatic N) is 1. The van der Waals surface area contributed by atoms with Gasteiger partial charge in [-0.05, 0) is 38.5 Å². The van der Waals surface area contributed by atoms with Crippen molar-refractivity contribution in [2.24, 2.45) is 0 Å². The first-order valence-corrected chi connectivity index (χ1v) is 8.93. The fourth-order valence-electron chi connectivity index (χ4n) is 2.55. The summed E-state index contributed by atoms with van der Waals surface area (Å²) in [6.45, 7) is 5.60. The SMILES string of the molecule is Cc1noc(C)c1CSCC(=O)Nc1ccc2c(C)cc(=O)oc2c1. The monoisotopic (exact) mass is 358 g/mol. The second-order valence-electron chi connectivity index (χ2n) is 5.80. The number of rotatable bonds is 5. The number of nitrogens with one attached hydrogen (secondary N) is 1. The van der Waals surface area contributed by atoms with Crippen LogP contribution in [0.3, 0.4) is 0 Å². The van der Waals surface area contributed by atoms with E-state index in [-0.39, 0.29) is 5.91 Å². The van der Waals surface area contributed by atoms with Crippen molar-refractivity contribution in [3.8, 4) is 0 Å². The first-order chi connectivity index (χ1) is 11.9. The number of hydrogen-bond donors (Lipinski definition) is 1. The molecule has 3 rings (SSSR count). The van der Waals surface area contributed by atoms with E-state index in [0.29, 0.717) is 22.8 Å². The van der Waals surface area contributed by atoms with Crippen LogP contribution in [0.15, 0.2) is 38.0 Å². The minimum atomic E-state index is -0.400. The Balaban J connectivity index is 1.63. The molecule has 0 saturated heterocycles. The van der Waals surface area contributed by atoms with Gasteiger partial charge in [-0.25, -0.2) is 4.79 Å². The average molecular weight is 358 g/mol. The summed E-state index contributed by atoms with van der Waals surface area (Å²) in [5.74, 6) is 1.64. The number of aromatic nitrogens is 1. The number of carbonyl (C=O) groups excluding carboxylic acids is 1. The number of anilines is 1. The van der Waals surface area contributed by atoms with Gasteiger partial charge in [0.25, 0.3) is 0 Å². The minimum absolute atomic E-state index is 0.119. The Bertz CT molecular complexity index is 971. The fourth-order valence-corrected chi connectivity index (χ4v) is 3.53. The van der Waals surface area contributed by atoms with Crippen LogP contribution in [-0.2, 0) is 10.5 Å². The molecule has 0 aliphatic rings. The van der Waals surface area contributed by atoms with Crippen molar-refractivity contribution in [1.82, 2.24) is 5.16 Å². The van der Waals surface area contributed by atoms with Crippen LogP contribution in [0.4, 0.5) is 5.69 Å². The lowest BCUT2D eigenvalue weighted by atomic mass is 10.1. The van der Waals surface area contributed by atoms with Gasteiger partial charge in [0.05, 0.1) is 11.4 Å². The maximum Gasteiger partial charge on any atom is 0.336 e. The number of hydrogen-bond acceptors (Lipinski definition) is 6. The molecule has 0 aliphatic carbocycles. The van der Waals surface area contributed by atoms with Crippen LogP contribution < -0.4 is 10.9 Å². The molecule has 0 unspecified atom stereocenters. The summed E-state index contributed by atoms with van der Waals surface area (Å²) in [6, 6.07) is 6.75. The Morgan fingerprint density at radius 1 is 1.24 bits per heavy atom. The number of fused-ring (bicyclic) bond motifs is 1. The van der Waals surface area contributed by atoms with E-state index in [2.05, 4.69) is 10.5 Å². The van der Waals surface area contributed by atoms with Crippen LogP contribution in [0.5, 0.6) is 0 Å². The summed E-state index contributed by atoms with van der Waals surface area (Å²) in [4.78, 5) is 23.6. The van der Waals surface area contributed by atoms with E-state index in [9.17, 15) is 9.59 Å². The van der Waals surface area contributed by atoms with Crippen molar-refractivity contribution >= 4 is 34.3 Å². The molecule has 2 aromatic heterocycles. The topological polar surface area (TPSA) is 85.3 Å². The fraction of sp³-hybridized carbons (Fsp3) is 0.278. The predicted octanol–water partition coefficient (Wildman–Crippen LogP) is 3.58. The molecule has 0 aliphatic heterocycles. The van der Waals surface area contributed by atoms with Crippen LogP contribution in [0.2, 0.25) is 0 Å². The van der Waals surface area contributed by atoms with Crippen molar-refractivity contribution in [1.29, 1.82) is 0 Å². The van der Waals surface area contributed by atoms with Crippen molar-refractivity contribution in [3.63, 3.8) is 0 Å². The maximum absolute atomic E-state index is 12.1. The van der Waals surface area contributed by atoms with E-state index in [0.717, 1.165) is 28.0 Å². The smallest absolute Gasteiger partial charge is 0.336 e. The normalized spacial score (nSPS) is 11.0. The molecule has 0 bridgehead atoms. The van der Waals surface area contributed by atoms with Gasteiger partial charge >= 0.3 is 5.63 Å². The number of amides is 1. The molecule has 1 N–H and O–H groups in total. The lowest BCUT2D eigenvalue weighted by molar-refractivity contribution is -0.113. The molecular weight excluding hydrogens is 340 g/mol. The first-order valence-electron chi connectivity index (χ1n) is 7.78. The highest BCUT2D eigenvalue weighted by Crippen LogP contribution is 2.22. The van der Waals surface area contributed by atoms with Gasteiger partial charge in [-0.15, -0.1) is 11.8 Å². The number of benzene rings is 1. The first kappa shape index (κ1) is 17.3. The van der Waals surface area contributed by atoms with Gasteiger partial charge in [0.2, 0.25) is 5.91 Å². The summed E-state index contributed by atoms with van der Waals surface area (Å²) in [5, 5.41) is 7.57. The van der Waals surface area contributed by atoms with E-state index < -0.39 is 5.63 Å². The highest BCUT2D eigenvalue weighted by molar-refractivity contribution is 7.99. The maximum atomic E-state index is 12.1. The Morgan fingerprint density at radius 2 is 2.04 bits per heavy atom. The van der Waals surface area contributed by atoms with E-state index in [4.69, 9.17) is 8.94 Å². The van der Waals surface area contributed by atoms with Gasteiger partial charge in [0, 0.05) is 34.5 Å². The molecule has 0 saturated carbocycles. The zero-order valence-electron chi connectivity index (χ0n) is 14.2. The van der Waals surface area contributed by atoms with Gasteiger partial charge in [0.15, 0.2) is 0 Å². The molecule has 0 fully saturated rings. The van der Waals surface area contributed by atoms with Gasteiger partial charge < -0.3 is 14.3 Å². The molecule has 3 aromatic rings. The Morgan fingerprint density at radius 3 is 2.76 bits per heavy atom. The van der Waals surface area contributed by atoms with Crippen LogP contribution >= 0.6 is 11.8 Å². The molecule has 1 amide bonds. The lowest BCUT2D eigenvalue weighted by Gasteiger charge is -2.07. The minimum Gasteiger partial charge on any atom is -0.423 e. The van der Waals surface area contributed by atoms with E-state index >= 15 is 0 Å². The number of thioether (sulfide) groups is 1. The highest BCUT2D eigenvalue weighted by atomic mass is 32.2. The summed E-state index contributed by atoms with van der Waals surface area (Å²) >= 11 is 1.49. The Kier molecular flexibility index (Phi) is 4.94. The number of carbonyl (C=O) groups is 1. The number of aryl methyl sites for hydroxylation is 3. The molecule has 7 heteroatoms. The molecule has 0 radical (unpaired) electrons. The Hall–Kier alpha value is -2.54. The summed E-state index contributed by atoms with van der Waals surface area (Å²) in [7, 11) is 0. The van der Waals surface area contributed by atoms with Crippen LogP contribution in [-0.4, -0.2) is 16.8 Å². The molecule has 0 atom stereocenters. The standard InChI is InChI=1S/C18H18N2O4S/c1-10-6-18(22)23-16-7-13(4-5-14(10)16)19-17(21)9-25-8-15-11(2)20-24-12(15)3/h4-7H,8-9H2,1-3H3,(H,19,21). The highest BCUT2D eigenvalue weighted by Gasteiger charge is 2.11. The lowest BCUT2D eigenvalue weighted by Crippen LogP contribution is -2.14. The van der Waals surface area contributed by atoms with Crippen molar-refractivity contribution in [3.05, 3.63) is 57.3 Å². The zero-order chi connectivity index (χ0) is 18.0. The summed E-state index contributed by atoms with van der Waals surface area (Å²) in [6.07, 6.45) is 0. The van der Waals surface area contributed by atoms with E-state index in [1.807, 2.05) is 26.8 Å². The molecule has 25 heavy (non-hydrogen) atoms. The second kappa shape index (κ2) is 7.14. The summed E-state index contributed by atoms with van der Waals surface area (Å²) < 4.78 is 10.3. The van der Waals surface area contributed by atoms with Gasteiger partial charge in [-0.2, -0.15) is 0 Å². The summed E-state index contributed by atoms with van der Waals surface area (Å²) in [5.41, 5.74) is 3.39. The van der Waals surface area contributed by atoms with E-state index in [1.54, 1.807) is 12.1 Å². The molecule has 130 valence electrons. The van der Waals surface area contributed by atoms with Crippen LogP contribution in [0, 0.1) is 20.8 Å². The predicted molar refractivity (Wildman–Crippen MR) is 98.0 cm³/mol. The largest absolute Gasteiger partial charge is 0.423 e. The van der Waals surface area contributed by atoms with Crippen LogP contribution in [0.1, 0.15) is 22.6 Å². The third-order valence-corrected chi connectivity index (χ3v) is 4.86. The van der Waals surface area contributed by atoms with Gasteiger partial charge in [-0.1, -0.05) is 5.16 Å². The molecule has 0 spiro atoms. The third-order valence-electron chi connectivity index (χ3n) is 3.90. The van der Waals surface area contributed by atoms with Crippen LogP contribution in [0.25, 0.3) is 11.0 Å². The van der Waals surface area contributed by atoms with Gasteiger partial charge in [0.1, 0.15) is 11.3 Å². The molecule has 1 aromatic carbocycles. The van der Waals surface area contributed by atoms with Crippen molar-refractivity contribution in [2.75, 3.05) is 11.1 Å². The van der Waals surface area contributed by atoms with Gasteiger partial charge in [-0.3, -0.25) is 4.79 Å². The quantitative estimate of drug-likeness (QED) is 0.702.